The van der Waals surface area contributed by atoms with E-state index in [2.05, 4.69) is 27.1 Å². The standard InChI is InChI=1S/C13H12N2O2/c16-13(14-12-6-7-17-15-12)11-8-10(11)9-4-2-1-3-5-9/h1-7,10-11H,8H2,(H,14,15,16)/t10-,11-/m0/s1. The molecule has 0 spiro atoms. The summed E-state index contributed by atoms with van der Waals surface area (Å²) in [7, 11) is 0. The van der Waals surface area contributed by atoms with E-state index in [-0.39, 0.29) is 11.8 Å². The van der Waals surface area contributed by atoms with Gasteiger partial charge in [-0.3, -0.25) is 4.79 Å². The quantitative estimate of drug-likeness (QED) is 0.877. The summed E-state index contributed by atoms with van der Waals surface area (Å²) in [4.78, 5) is 11.9. The van der Waals surface area contributed by atoms with Crippen LogP contribution in [0.15, 0.2) is 47.2 Å². The van der Waals surface area contributed by atoms with Crippen molar-refractivity contribution in [2.24, 2.45) is 5.92 Å². The van der Waals surface area contributed by atoms with Crippen molar-refractivity contribution in [2.75, 3.05) is 5.32 Å². The molecule has 1 aliphatic carbocycles. The number of hydrogen-bond donors (Lipinski definition) is 1. The van der Waals surface area contributed by atoms with E-state index in [1.165, 1.54) is 11.8 Å². The minimum atomic E-state index is 0.0211. The molecule has 1 N–H and O–H groups in total. The van der Waals surface area contributed by atoms with Gasteiger partial charge in [-0.25, -0.2) is 0 Å². The highest BCUT2D eigenvalue weighted by Gasteiger charge is 2.43. The summed E-state index contributed by atoms with van der Waals surface area (Å²) in [5.74, 6) is 0.915. The van der Waals surface area contributed by atoms with Gasteiger partial charge in [0.2, 0.25) is 5.91 Å². The molecule has 0 saturated heterocycles. The summed E-state index contributed by atoms with van der Waals surface area (Å²) in [5, 5.41) is 6.40. The number of carbonyl (C=O) groups excluding carboxylic acids is 1. The molecule has 1 fully saturated rings. The van der Waals surface area contributed by atoms with Gasteiger partial charge in [0.05, 0.1) is 0 Å². The van der Waals surface area contributed by atoms with Gasteiger partial charge in [-0.05, 0) is 17.9 Å². The normalized spacial score (nSPS) is 22.1. The van der Waals surface area contributed by atoms with Crippen LogP contribution < -0.4 is 5.32 Å². The van der Waals surface area contributed by atoms with E-state index in [4.69, 9.17) is 0 Å². The third kappa shape index (κ3) is 2.06. The third-order valence-corrected chi connectivity index (χ3v) is 3.04. The molecule has 1 amide bonds. The number of carbonyl (C=O) groups is 1. The number of rotatable bonds is 3. The Morgan fingerprint density at radius 2 is 2.12 bits per heavy atom. The summed E-state index contributed by atoms with van der Waals surface area (Å²) in [6.07, 6.45) is 2.35. The zero-order valence-electron chi connectivity index (χ0n) is 9.17. The second-order valence-electron chi connectivity index (χ2n) is 4.23. The first-order valence-electron chi connectivity index (χ1n) is 5.61. The summed E-state index contributed by atoms with van der Waals surface area (Å²) in [5.41, 5.74) is 1.23. The van der Waals surface area contributed by atoms with Crippen LogP contribution in [0.3, 0.4) is 0 Å². The van der Waals surface area contributed by atoms with Gasteiger partial charge < -0.3 is 9.84 Å². The van der Waals surface area contributed by atoms with Crippen LogP contribution in [0.4, 0.5) is 5.82 Å². The predicted octanol–water partition coefficient (Wildman–Crippen LogP) is 2.42. The van der Waals surface area contributed by atoms with Gasteiger partial charge in [0.15, 0.2) is 5.82 Å². The van der Waals surface area contributed by atoms with Crippen molar-refractivity contribution in [1.82, 2.24) is 5.16 Å². The molecule has 1 aliphatic rings. The van der Waals surface area contributed by atoms with Crippen molar-refractivity contribution in [3.63, 3.8) is 0 Å². The molecule has 3 rings (SSSR count). The van der Waals surface area contributed by atoms with Gasteiger partial charge in [-0.2, -0.15) is 0 Å². The third-order valence-electron chi connectivity index (χ3n) is 3.04. The number of aromatic nitrogens is 1. The summed E-state index contributed by atoms with van der Waals surface area (Å²) in [6, 6.07) is 11.7. The number of nitrogens with zero attached hydrogens (tertiary/aromatic N) is 1. The molecule has 1 aromatic heterocycles. The monoisotopic (exact) mass is 228 g/mol. The van der Waals surface area contributed by atoms with E-state index < -0.39 is 0 Å². The summed E-state index contributed by atoms with van der Waals surface area (Å²) in [6.45, 7) is 0. The molecule has 1 saturated carbocycles. The van der Waals surface area contributed by atoms with Crippen molar-refractivity contribution in [2.45, 2.75) is 12.3 Å². The van der Waals surface area contributed by atoms with Crippen molar-refractivity contribution in [1.29, 1.82) is 0 Å². The number of amides is 1. The maximum absolute atomic E-state index is 11.9. The lowest BCUT2D eigenvalue weighted by atomic mass is 10.1. The fraction of sp³-hybridized carbons (Fsp3) is 0.231. The zero-order chi connectivity index (χ0) is 11.7. The van der Waals surface area contributed by atoms with Crippen molar-refractivity contribution >= 4 is 11.7 Å². The average Bonchev–Trinajstić information content (AvgIpc) is 3.02. The van der Waals surface area contributed by atoms with Gasteiger partial charge in [-0.15, -0.1) is 0 Å². The molecular weight excluding hydrogens is 216 g/mol. The highest BCUT2D eigenvalue weighted by Crippen LogP contribution is 2.47. The lowest BCUT2D eigenvalue weighted by Crippen LogP contribution is -2.14. The van der Waals surface area contributed by atoms with Gasteiger partial charge in [-0.1, -0.05) is 35.5 Å². The molecular formula is C13H12N2O2. The SMILES string of the molecule is O=C(Nc1ccon1)[C@H]1C[C@H]1c1ccccc1. The van der Waals surface area contributed by atoms with Crippen LogP contribution in [-0.4, -0.2) is 11.1 Å². The fourth-order valence-electron chi connectivity index (χ4n) is 2.05. The minimum absolute atomic E-state index is 0.0211. The number of anilines is 1. The molecule has 1 aromatic carbocycles. The molecule has 2 aromatic rings. The summed E-state index contributed by atoms with van der Waals surface area (Å²) < 4.78 is 4.66. The second-order valence-corrected chi connectivity index (χ2v) is 4.23. The Bertz CT molecular complexity index is 507. The van der Waals surface area contributed by atoms with E-state index in [9.17, 15) is 4.79 Å². The highest BCUT2D eigenvalue weighted by molar-refractivity contribution is 5.94. The van der Waals surface area contributed by atoms with E-state index >= 15 is 0 Å². The van der Waals surface area contributed by atoms with Crippen molar-refractivity contribution < 1.29 is 9.32 Å². The molecule has 0 unspecified atom stereocenters. The van der Waals surface area contributed by atoms with E-state index in [0.717, 1.165) is 6.42 Å². The maximum Gasteiger partial charge on any atom is 0.229 e. The lowest BCUT2D eigenvalue weighted by Gasteiger charge is -2.00. The number of nitrogens with one attached hydrogen (secondary N) is 1. The molecule has 17 heavy (non-hydrogen) atoms. The van der Waals surface area contributed by atoms with Gasteiger partial charge in [0, 0.05) is 12.0 Å². The highest BCUT2D eigenvalue weighted by atomic mass is 16.5. The smallest absolute Gasteiger partial charge is 0.229 e. The average molecular weight is 228 g/mol. The maximum atomic E-state index is 11.9. The first kappa shape index (κ1) is 10.1. The van der Waals surface area contributed by atoms with E-state index in [1.807, 2.05) is 18.2 Å². The second kappa shape index (κ2) is 4.05. The molecule has 86 valence electrons. The molecule has 4 heteroatoms. The number of hydrogen-bond acceptors (Lipinski definition) is 3. The van der Waals surface area contributed by atoms with Crippen LogP contribution >= 0.6 is 0 Å². The molecule has 4 nitrogen and oxygen atoms in total. The fourth-order valence-corrected chi connectivity index (χ4v) is 2.05. The lowest BCUT2D eigenvalue weighted by molar-refractivity contribution is -0.117. The van der Waals surface area contributed by atoms with Gasteiger partial charge in [0.25, 0.3) is 0 Å². The number of benzene rings is 1. The Kier molecular flexibility index (Phi) is 2.40. The van der Waals surface area contributed by atoms with Crippen LogP contribution in [0, 0.1) is 5.92 Å². The van der Waals surface area contributed by atoms with Gasteiger partial charge >= 0.3 is 0 Å². The molecule has 0 radical (unpaired) electrons. The van der Waals surface area contributed by atoms with E-state index in [0.29, 0.717) is 11.7 Å². The topological polar surface area (TPSA) is 55.1 Å². The zero-order valence-corrected chi connectivity index (χ0v) is 9.17. The predicted molar refractivity (Wildman–Crippen MR) is 62.4 cm³/mol. The van der Waals surface area contributed by atoms with E-state index in [1.54, 1.807) is 6.07 Å². The molecule has 0 bridgehead atoms. The minimum Gasteiger partial charge on any atom is -0.363 e. The molecule has 0 aliphatic heterocycles. The van der Waals surface area contributed by atoms with Crippen LogP contribution in [-0.2, 0) is 4.79 Å². The molecule has 2 atom stereocenters. The summed E-state index contributed by atoms with van der Waals surface area (Å²) >= 11 is 0. The Morgan fingerprint density at radius 1 is 1.29 bits per heavy atom. The van der Waals surface area contributed by atoms with Crippen molar-refractivity contribution in [3.8, 4) is 0 Å². The van der Waals surface area contributed by atoms with Crippen LogP contribution in [0.2, 0.25) is 0 Å². The van der Waals surface area contributed by atoms with Crippen LogP contribution in [0.25, 0.3) is 0 Å². The first-order chi connectivity index (χ1) is 8.34. The Labute approximate surface area is 98.6 Å². The molecule has 1 heterocycles. The van der Waals surface area contributed by atoms with Crippen LogP contribution in [0.5, 0.6) is 0 Å². The Hall–Kier alpha value is -2.10. The largest absolute Gasteiger partial charge is 0.363 e. The van der Waals surface area contributed by atoms with Gasteiger partial charge in [0.1, 0.15) is 6.26 Å². The Morgan fingerprint density at radius 3 is 2.82 bits per heavy atom. The first-order valence-corrected chi connectivity index (χ1v) is 5.61. The Balaban J connectivity index is 1.63. The van der Waals surface area contributed by atoms with Crippen LogP contribution in [0.1, 0.15) is 17.9 Å². The van der Waals surface area contributed by atoms with Crippen molar-refractivity contribution in [3.05, 3.63) is 48.2 Å².